The van der Waals surface area contributed by atoms with Gasteiger partial charge in [0.05, 0.1) is 17.8 Å². The zero-order valence-electron chi connectivity index (χ0n) is 20.7. The van der Waals surface area contributed by atoms with Crippen molar-refractivity contribution in [2.75, 3.05) is 29.9 Å². The fourth-order valence-corrected chi connectivity index (χ4v) is 4.87. The summed E-state index contributed by atoms with van der Waals surface area (Å²) in [5.74, 6) is 2.09. The molecule has 0 unspecified atom stereocenters. The summed E-state index contributed by atoms with van der Waals surface area (Å²) in [7, 11) is 1.73. The number of hydrogen-bond acceptors (Lipinski definition) is 6. The highest BCUT2D eigenvalue weighted by Crippen LogP contribution is 2.35. The fourth-order valence-electron chi connectivity index (χ4n) is 4.87. The van der Waals surface area contributed by atoms with E-state index in [1.807, 2.05) is 43.0 Å². The third kappa shape index (κ3) is 4.18. The normalized spacial score (nSPS) is 18.9. The molecule has 2 aliphatic heterocycles. The lowest BCUT2D eigenvalue weighted by Crippen LogP contribution is -2.29. The summed E-state index contributed by atoms with van der Waals surface area (Å²) in [5.41, 5.74) is 9.59. The van der Waals surface area contributed by atoms with Gasteiger partial charge in [-0.25, -0.2) is 9.97 Å². The van der Waals surface area contributed by atoms with E-state index in [9.17, 15) is 4.79 Å². The summed E-state index contributed by atoms with van der Waals surface area (Å²) in [4.78, 5) is 33.8. The topological polar surface area (TPSA) is 91.0 Å². The van der Waals surface area contributed by atoms with E-state index in [4.69, 9.17) is 15.7 Å². The Morgan fingerprint density at radius 1 is 1.35 bits per heavy atom. The van der Waals surface area contributed by atoms with E-state index < -0.39 is 0 Å². The summed E-state index contributed by atoms with van der Waals surface area (Å²) in [6.07, 6.45) is 4.75. The number of anilines is 2. The Labute approximate surface area is 202 Å². The molecule has 1 fully saturated rings. The molecule has 0 aliphatic carbocycles. The maximum Gasteiger partial charge on any atom is 0.260 e. The molecule has 8 heteroatoms. The van der Waals surface area contributed by atoms with Gasteiger partial charge in [0.25, 0.3) is 5.91 Å². The van der Waals surface area contributed by atoms with Gasteiger partial charge >= 0.3 is 0 Å². The Morgan fingerprint density at radius 2 is 2.15 bits per heavy atom. The lowest BCUT2D eigenvalue weighted by Gasteiger charge is -2.25. The van der Waals surface area contributed by atoms with Crippen molar-refractivity contribution in [1.29, 1.82) is 0 Å². The van der Waals surface area contributed by atoms with E-state index in [0.717, 1.165) is 49.4 Å². The van der Waals surface area contributed by atoms with Crippen molar-refractivity contribution in [3.63, 3.8) is 0 Å². The van der Waals surface area contributed by atoms with Crippen molar-refractivity contribution in [1.82, 2.24) is 14.9 Å². The lowest BCUT2D eigenvalue weighted by molar-refractivity contribution is 0.0996. The molecule has 1 amide bonds. The molecule has 2 aromatic rings. The number of hydrogen-bond donors (Lipinski definition) is 1. The number of nitrogens with zero attached hydrogens (tertiary/aromatic N) is 6. The largest absolute Gasteiger partial charge is 0.354 e. The first-order valence-corrected chi connectivity index (χ1v) is 12.1. The molecule has 2 aromatic heterocycles. The monoisotopic (exact) mass is 461 g/mol. The van der Waals surface area contributed by atoms with Crippen LogP contribution in [0.4, 0.5) is 11.6 Å². The van der Waals surface area contributed by atoms with Gasteiger partial charge in [0.15, 0.2) is 5.84 Å². The Kier molecular flexibility index (Phi) is 6.97. The Bertz CT molecular complexity index is 1110. The molecule has 0 spiro atoms. The maximum atomic E-state index is 13.6. The minimum atomic E-state index is -0.219. The molecule has 180 valence electrons. The maximum absolute atomic E-state index is 13.6. The van der Waals surface area contributed by atoms with Crippen molar-refractivity contribution < 1.29 is 4.79 Å². The van der Waals surface area contributed by atoms with Crippen molar-refractivity contribution in [3.8, 4) is 0 Å². The van der Waals surface area contributed by atoms with Gasteiger partial charge in [-0.1, -0.05) is 19.6 Å². The molecule has 4 rings (SSSR count). The Morgan fingerprint density at radius 3 is 2.76 bits per heavy atom. The summed E-state index contributed by atoms with van der Waals surface area (Å²) >= 11 is 0. The summed E-state index contributed by atoms with van der Waals surface area (Å²) in [6, 6.07) is 7.80. The lowest BCUT2D eigenvalue weighted by atomic mass is 10.0. The highest BCUT2D eigenvalue weighted by Gasteiger charge is 2.35. The number of aromatic nitrogens is 2. The highest BCUT2D eigenvalue weighted by molar-refractivity contribution is 6.10. The molecule has 0 radical (unpaired) electrons. The number of amides is 1. The second kappa shape index (κ2) is 9.93. The zero-order chi connectivity index (χ0) is 24.4. The van der Waals surface area contributed by atoms with Gasteiger partial charge in [0, 0.05) is 37.8 Å². The molecule has 1 saturated heterocycles. The number of nitrogens with two attached hydrogens (primary N) is 1. The molecule has 2 aliphatic rings. The van der Waals surface area contributed by atoms with Gasteiger partial charge < -0.3 is 15.5 Å². The van der Waals surface area contributed by atoms with Gasteiger partial charge in [-0.15, -0.1) is 0 Å². The molecule has 2 atom stereocenters. The van der Waals surface area contributed by atoms with Gasteiger partial charge in [-0.05, 0) is 57.5 Å². The van der Waals surface area contributed by atoms with Crippen LogP contribution >= 0.6 is 0 Å². The molecule has 2 N–H and O–H groups in total. The molecular formula is C26H35N7O. The minimum Gasteiger partial charge on any atom is -0.354 e. The fraction of sp³-hybridized carbons (Fsp3) is 0.462. The number of amidine groups is 1. The van der Waals surface area contributed by atoms with Crippen LogP contribution in [-0.2, 0) is 6.54 Å². The molecular weight excluding hydrogens is 426 g/mol. The predicted molar refractivity (Wildman–Crippen MR) is 137 cm³/mol. The molecule has 0 bridgehead atoms. The van der Waals surface area contributed by atoms with Crippen LogP contribution in [0.3, 0.4) is 0 Å². The van der Waals surface area contributed by atoms with Crippen LogP contribution in [0.2, 0.25) is 0 Å². The van der Waals surface area contributed by atoms with Gasteiger partial charge in [0.2, 0.25) is 0 Å². The van der Waals surface area contributed by atoms with E-state index >= 15 is 0 Å². The van der Waals surface area contributed by atoms with Crippen LogP contribution in [0.15, 0.2) is 42.0 Å². The quantitative estimate of drug-likeness (QED) is 0.497. The standard InChI is InChI=1S/C26H35N7O/c1-6-20(27)24-19-16-33(22-13-9-12-21(29-22)25(28-5)31(7-2)8-3)26(34)18(19)15-23(30-24)32-14-10-11-17(32)4/h7,9,12-13,15,17,20H,2,6,8,10-11,14,16,27H2,1,3-5H3/t17-,20+/m1/s1. The smallest absolute Gasteiger partial charge is 0.260 e. The van der Waals surface area contributed by atoms with E-state index in [-0.39, 0.29) is 11.9 Å². The Balaban J connectivity index is 1.73. The van der Waals surface area contributed by atoms with Crippen LogP contribution in [-0.4, -0.2) is 52.8 Å². The van der Waals surface area contributed by atoms with Crippen molar-refractivity contribution in [2.45, 2.75) is 58.7 Å². The molecule has 8 nitrogen and oxygen atoms in total. The van der Waals surface area contributed by atoms with Crippen molar-refractivity contribution in [2.24, 2.45) is 10.7 Å². The molecule has 0 saturated carbocycles. The second-order valence-electron chi connectivity index (χ2n) is 8.88. The zero-order valence-corrected chi connectivity index (χ0v) is 20.7. The predicted octanol–water partition coefficient (Wildman–Crippen LogP) is 3.88. The summed E-state index contributed by atoms with van der Waals surface area (Å²) in [5, 5.41) is 0. The van der Waals surface area contributed by atoms with Crippen LogP contribution in [0.25, 0.3) is 0 Å². The third-order valence-corrected chi connectivity index (χ3v) is 6.86. The van der Waals surface area contributed by atoms with Gasteiger partial charge in [-0.3, -0.25) is 14.7 Å². The van der Waals surface area contributed by atoms with E-state index in [0.29, 0.717) is 35.5 Å². The number of carbonyl (C=O) groups is 1. The number of fused-ring (bicyclic) bond motifs is 1. The molecule has 0 aromatic carbocycles. The molecule has 34 heavy (non-hydrogen) atoms. The van der Waals surface area contributed by atoms with Crippen molar-refractivity contribution in [3.05, 3.63) is 59.6 Å². The summed E-state index contributed by atoms with van der Waals surface area (Å²) in [6.45, 7) is 12.2. The van der Waals surface area contributed by atoms with E-state index in [2.05, 4.69) is 23.4 Å². The number of rotatable bonds is 7. The van der Waals surface area contributed by atoms with Crippen LogP contribution in [0.5, 0.6) is 0 Å². The minimum absolute atomic E-state index is 0.0641. The van der Waals surface area contributed by atoms with Gasteiger partial charge in [-0.2, -0.15) is 0 Å². The van der Waals surface area contributed by atoms with Gasteiger partial charge in [0.1, 0.15) is 17.3 Å². The first-order chi connectivity index (χ1) is 16.4. The SMILES string of the molecule is C=CN(CC)C(=NC)c1cccc(N2Cc3c(cc(N4CCC[C@H]4C)nc3[C@@H](N)CC)C2=O)n1. The Hall–Kier alpha value is -3.26. The van der Waals surface area contributed by atoms with E-state index in [1.165, 1.54) is 0 Å². The second-order valence-corrected chi connectivity index (χ2v) is 8.88. The van der Waals surface area contributed by atoms with Crippen LogP contribution in [0.1, 0.15) is 73.4 Å². The summed E-state index contributed by atoms with van der Waals surface area (Å²) < 4.78 is 0. The average Bonchev–Trinajstić information content (AvgIpc) is 3.44. The molecule has 4 heterocycles. The number of aliphatic imine (C=N–C) groups is 1. The third-order valence-electron chi connectivity index (χ3n) is 6.86. The van der Waals surface area contributed by atoms with Crippen LogP contribution in [0, 0.1) is 0 Å². The number of carbonyl (C=O) groups excluding carboxylic acids is 1. The average molecular weight is 462 g/mol. The van der Waals surface area contributed by atoms with E-state index in [1.54, 1.807) is 18.1 Å². The first-order valence-electron chi connectivity index (χ1n) is 12.1. The first kappa shape index (κ1) is 23.9. The number of pyridine rings is 2. The van der Waals surface area contributed by atoms with Crippen molar-refractivity contribution >= 4 is 23.4 Å². The highest BCUT2D eigenvalue weighted by atomic mass is 16.2. The van der Waals surface area contributed by atoms with Crippen LogP contribution < -0.4 is 15.5 Å².